The predicted octanol–water partition coefficient (Wildman–Crippen LogP) is 2.62. The summed E-state index contributed by atoms with van der Waals surface area (Å²) in [6, 6.07) is 7.40. The quantitative estimate of drug-likeness (QED) is 0.478. The molecule has 18 heavy (non-hydrogen) atoms. The number of carbonyl (C=O) groups excluding carboxylic acids is 1. The Morgan fingerprint density at radius 3 is 2.72 bits per heavy atom. The minimum atomic E-state index is -0.473. The fraction of sp³-hybridized carbons (Fsp3) is 0.231. The van der Waals surface area contributed by atoms with Crippen LogP contribution in [0.1, 0.15) is 12.5 Å². The van der Waals surface area contributed by atoms with E-state index in [0.717, 1.165) is 11.3 Å². The summed E-state index contributed by atoms with van der Waals surface area (Å²) in [5.41, 5.74) is 1.72. The Kier molecular flexibility index (Phi) is 3.99. The van der Waals surface area contributed by atoms with E-state index in [1.807, 2.05) is 31.2 Å². The first-order valence-electron chi connectivity index (χ1n) is 5.53. The minimum Gasteiger partial charge on any atom is -0.494 e. The molecule has 1 heterocycles. The van der Waals surface area contributed by atoms with Crippen molar-refractivity contribution in [3.05, 3.63) is 35.4 Å². The van der Waals surface area contributed by atoms with Crippen LogP contribution in [0.5, 0.6) is 5.75 Å². The average Bonchev–Trinajstić information content (AvgIpc) is 2.73. The first-order valence-corrected chi connectivity index (χ1v) is 6.07. The van der Waals surface area contributed by atoms with Crippen molar-refractivity contribution in [1.29, 1.82) is 0 Å². The fourth-order valence-corrected chi connectivity index (χ4v) is 1.74. The maximum Gasteiger partial charge on any atom is 0.367 e. The molecule has 0 saturated carbocycles. The largest absolute Gasteiger partial charge is 0.494 e. The number of alkyl halides is 1. The highest BCUT2D eigenvalue weighted by Gasteiger charge is 2.24. The van der Waals surface area contributed by atoms with E-state index in [0.29, 0.717) is 17.9 Å². The van der Waals surface area contributed by atoms with Gasteiger partial charge in [-0.2, -0.15) is 0 Å². The Morgan fingerprint density at radius 2 is 2.11 bits per heavy atom. The van der Waals surface area contributed by atoms with Gasteiger partial charge < -0.3 is 9.57 Å². The molecule has 1 aliphatic heterocycles. The van der Waals surface area contributed by atoms with Gasteiger partial charge in [0, 0.05) is 0 Å². The highest BCUT2D eigenvalue weighted by Crippen LogP contribution is 2.18. The van der Waals surface area contributed by atoms with Gasteiger partial charge in [0.1, 0.15) is 11.5 Å². The maximum absolute atomic E-state index is 11.4. The Labute approximate surface area is 110 Å². The first kappa shape index (κ1) is 12.6. The normalized spacial score (nSPS) is 16.7. The maximum atomic E-state index is 11.4. The zero-order valence-electron chi connectivity index (χ0n) is 9.85. The van der Waals surface area contributed by atoms with Crippen LogP contribution >= 0.6 is 11.6 Å². The van der Waals surface area contributed by atoms with E-state index in [1.165, 1.54) is 0 Å². The van der Waals surface area contributed by atoms with Gasteiger partial charge in [0.15, 0.2) is 0 Å². The minimum absolute atomic E-state index is 0.147. The second kappa shape index (κ2) is 5.69. The van der Waals surface area contributed by atoms with Gasteiger partial charge >= 0.3 is 5.97 Å². The Hall–Kier alpha value is -1.81. The van der Waals surface area contributed by atoms with E-state index in [2.05, 4.69) is 9.99 Å². The van der Waals surface area contributed by atoms with Gasteiger partial charge in [-0.1, -0.05) is 17.3 Å². The molecular formula is C13H12ClNO3. The van der Waals surface area contributed by atoms with E-state index in [9.17, 15) is 4.79 Å². The molecule has 1 aromatic rings. The van der Waals surface area contributed by atoms with Gasteiger partial charge in [-0.15, -0.1) is 11.6 Å². The van der Waals surface area contributed by atoms with Crippen LogP contribution in [-0.4, -0.2) is 24.2 Å². The lowest BCUT2D eigenvalue weighted by molar-refractivity contribution is -0.136. The SMILES string of the molecule is CCOc1ccc(/C=C2\C(=O)ON=C2CCl)cc1. The summed E-state index contributed by atoms with van der Waals surface area (Å²) in [4.78, 5) is 16.0. The second-order valence-corrected chi connectivity index (χ2v) is 3.88. The predicted molar refractivity (Wildman–Crippen MR) is 69.8 cm³/mol. The van der Waals surface area contributed by atoms with Gasteiger partial charge in [-0.3, -0.25) is 0 Å². The Bertz CT molecular complexity index is 505. The lowest BCUT2D eigenvalue weighted by Crippen LogP contribution is -2.06. The smallest absolute Gasteiger partial charge is 0.367 e. The molecule has 0 aromatic heterocycles. The van der Waals surface area contributed by atoms with Gasteiger partial charge in [0.25, 0.3) is 0 Å². The van der Waals surface area contributed by atoms with E-state index >= 15 is 0 Å². The van der Waals surface area contributed by atoms with E-state index in [-0.39, 0.29) is 5.88 Å². The third-order valence-electron chi connectivity index (χ3n) is 2.40. The molecule has 0 fully saturated rings. The van der Waals surface area contributed by atoms with Gasteiger partial charge in [0.05, 0.1) is 18.1 Å². The van der Waals surface area contributed by atoms with Crippen LogP contribution in [0, 0.1) is 0 Å². The highest BCUT2D eigenvalue weighted by molar-refractivity contribution is 6.38. The molecule has 0 unspecified atom stereocenters. The molecule has 0 saturated heterocycles. The van der Waals surface area contributed by atoms with E-state index in [4.69, 9.17) is 16.3 Å². The van der Waals surface area contributed by atoms with E-state index < -0.39 is 5.97 Å². The van der Waals surface area contributed by atoms with Crippen molar-refractivity contribution >= 4 is 29.4 Å². The van der Waals surface area contributed by atoms with Gasteiger partial charge in [-0.25, -0.2) is 4.79 Å². The Balaban J connectivity index is 2.22. The average molecular weight is 266 g/mol. The number of halogens is 1. The van der Waals surface area contributed by atoms with Crippen molar-refractivity contribution in [2.75, 3.05) is 12.5 Å². The summed E-state index contributed by atoms with van der Waals surface area (Å²) in [7, 11) is 0. The van der Waals surface area contributed by atoms with Crippen molar-refractivity contribution in [2.24, 2.45) is 5.16 Å². The van der Waals surface area contributed by atoms with Gasteiger partial charge in [0.2, 0.25) is 0 Å². The molecule has 0 atom stereocenters. The van der Waals surface area contributed by atoms with Crippen LogP contribution in [0.15, 0.2) is 35.0 Å². The molecule has 0 amide bonds. The first-order chi connectivity index (χ1) is 8.74. The summed E-state index contributed by atoms with van der Waals surface area (Å²) in [6.45, 7) is 2.55. The van der Waals surface area contributed by atoms with Crippen molar-refractivity contribution < 1.29 is 14.4 Å². The molecule has 0 spiro atoms. The standard InChI is InChI=1S/C13H12ClNO3/c1-2-17-10-5-3-9(4-6-10)7-11-12(8-14)15-18-13(11)16/h3-7H,2,8H2,1H3/b11-7-. The Morgan fingerprint density at radius 1 is 1.39 bits per heavy atom. The lowest BCUT2D eigenvalue weighted by Gasteiger charge is -2.02. The number of oxime groups is 1. The van der Waals surface area contributed by atoms with Crippen LogP contribution in [-0.2, 0) is 9.63 Å². The number of nitrogens with zero attached hydrogens (tertiary/aromatic N) is 1. The number of benzene rings is 1. The molecule has 4 nitrogen and oxygen atoms in total. The van der Waals surface area contributed by atoms with E-state index in [1.54, 1.807) is 6.08 Å². The molecule has 1 aliphatic rings. The molecule has 94 valence electrons. The molecule has 0 aliphatic carbocycles. The number of carbonyl (C=O) groups is 1. The second-order valence-electron chi connectivity index (χ2n) is 3.61. The summed E-state index contributed by atoms with van der Waals surface area (Å²) in [6.07, 6.45) is 1.70. The zero-order chi connectivity index (χ0) is 13.0. The molecule has 1 aromatic carbocycles. The third kappa shape index (κ3) is 2.71. The molecular weight excluding hydrogens is 254 g/mol. The van der Waals surface area contributed by atoms with Crippen LogP contribution in [0.25, 0.3) is 6.08 Å². The van der Waals surface area contributed by atoms with Crippen molar-refractivity contribution in [3.63, 3.8) is 0 Å². The molecule has 0 bridgehead atoms. The summed E-state index contributed by atoms with van der Waals surface area (Å²) in [5, 5.41) is 3.60. The van der Waals surface area contributed by atoms with Crippen molar-refractivity contribution in [2.45, 2.75) is 6.92 Å². The van der Waals surface area contributed by atoms with Crippen LogP contribution < -0.4 is 4.74 Å². The monoisotopic (exact) mass is 265 g/mol. The van der Waals surface area contributed by atoms with Crippen LogP contribution in [0.2, 0.25) is 0 Å². The molecule has 0 N–H and O–H groups in total. The zero-order valence-corrected chi connectivity index (χ0v) is 10.6. The number of hydrogen-bond acceptors (Lipinski definition) is 4. The number of ether oxygens (including phenoxy) is 1. The molecule has 0 radical (unpaired) electrons. The molecule has 5 heteroatoms. The van der Waals surface area contributed by atoms with Crippen molar-refractivity contribution in [3.8, 4) is 5.75 Å². The highest BCUT2D eigenvalue weighted by atomic mass is 35.5. The third-order valence-corrected chi connectivity index (χ3v) is 2.65. The van der Waals surface area contributed by atoms with Crippen LogP contribution in [0.3, 0.4) is 0 Å². The van der Waals surface area contributed by atoms with Crippen LogP contribution in [0.4, 0.5) is 0 Å². The van der Waals surface area contributed by atoms with Gasteiger partial charge in [-0.05, 0) is 30.7 Å². The topological polar surface area (TPSA) is 47.9 Å². The fourth-order valence-electron chi connectivity index (χ4n) is 1.54. The summed E-state index contributed by atoms with van der Waals surface area (Å²) >= 11 is 5.68. The molecule has 2 rings (SSSR count). The lowest BCUT2D eigenvalue weighted by atomic mass is 10.1. The summed E-state index contributed by atoms with van der Waals surface area (Å²) < 4.78 is 5.34. The van der Waals surface area contributed by atoms with Crippen molar-refractivity contribution in [1.82, 2.24) is 0 Å². The number of rotatable bonds is 4. The summed E-state index contributed by atoms with van der Waals surface area (Å²) in [5.74, 6) is 0.466. The number of hydrogen-bond donors (Lipinski definition) is 0.